The van der Waals surface area contributed by atoms with Crippen molar-refractivity contribution in [1.29, 1.82) is 0 Å². The van der Waals surface area contributed by atoms with Crippen LogP contribution in [0.25, 0.3) is 0 Å². The Morgan fingerprint density at radius 1 is 0.545 bits per heavy atom. The van der Waals surface area contributed by atoms with Gasteiger partial charge in [-0.05, 0) is 39.0 Å². The number of hydrogen-bond donors (Lipinski definition) is 6. The third-order valence-electron chi connectivity index (χ3n) is 4.64. The van der Waals surface area contributed by atoms with Crippen LogP contribution in [0, 0.1) is 0 Å². The average Bonchev–Trinajstić information content (AvgIpc) is 2.76. The van der Waals surface area contributed by atoms with E-state index >= 15 is 0 Å². The number of carboxylic acids is 1. The summed E-state index contributed by atoms with van der Waals surface area (Å²) in [5.41, 5.74) is 0. The molecule has 0 bridgehead atoms. The molecular weight excluding hydrogens is 430 g/mol. The van der Waals surface area contributed by atoms with Crippen molar-refractivity contribution >= 4 is 29.6 Å². The monoisotopic (exact) mass is 471 g/mol. The fourth-order valence-corrected chi connectivity index (χ4v) is 2.89. The second-order valence-corrected chi connectivity index (χ2v) is 7.73. The summed E-state index contributed by atoms with van der Waals surface area (Å²) in [6.45, 7) is 4.05. The topological polar surface area (TPSA) is 166 Å². The van der Waals surface area contributed by atoms with Gasteiger partial charge in [-0.2, -0.15) is 0 Å². The van der Waals surface area contributed by atoms with Crippen LogP contribution in [-0.4, -0.2) is 74.0 Å². The predicted molar refractivity (Wildman–Crippen MR) is 124 cm³/mol. The van der Waals surface area contributed by atoms with E-state index in [0.717, 1.165) is 32.1 Å². The molecule has 0 aromatic heterocycles. The first-order chi connectivity index (χ1) is 15.8. The maximum Gasteiger partial charge on any atom is 0.303 e. The molecule has 190 valence electrons. The number of carbonyl (C=O) groups excluding carboxylic acids is 4. The second kappa shape index (κ2) is 21.2. The zero-order valence-corrected chi connectivity index (χ0v) is 19.8. The SMILES string of the molecule is CCNC(=O)CCCNC(=O)CCCCCNC(=O)CNCC(=O)NCCCCCC(=O)O. The van der Waals surface area contributed by atoms with Crippen molar-refractivity contribution in [3.8, 4) is 0 Å². The zero-order valence-electron chi connectivity index (χ0n) is 19.8. The van der Waals surface area contributed by atoms with Crippen LogP contribution in [0.2, 0.25) is 0 Å². The summed E-state index contributed by atoms with van der Waals surface area (Å²) in [5.74, 6) is -1.25. The van der Waals surface area contributed by atoms with E-state index in [4.69, 9.17) is 5.11 Å². The minimum absolute atomic E-state index is 0.00557. The van der Waals surface area contributed by atoms with Gasteiger partial charge < -0.3 is 26.4 Å². The number of hydrogen-bond acceptors (Lipinski definition) is 6. The molecule has 0 aromatic rings. The molecule has 0 aliphatic heterocycles. The number of rotatable bonds is 21. The van der Waals surface area contributed by atoms with Crippen LogP contribution in [-0.2, 0) is 24.0 Å². The fraction of sp³-hybridized carbons (Fsp3) is 0.773. The highest BCUT2D eigenvalue weighted by Gasteiger charge is 2.05. The third-order valence-corrected chi connectivity index (χ3v) is 4.64. The zero-order chi connectivity index (χ0) is 24.7. The molecule has 0 radical (unpaired) electrons. The summed E-state index contributed by atoms with van der Waals surface area (Å²) in [6.07, 6.45) is 5.95. The van der Waals surface area contributed by atoms with Crippen LogP contribution in [0.15, 0.2) is 0 Å². The largest absolute Gasteiger partial charge is 0.481 e. The van der Waals surface area contributed by atoms with Gasteiger partial charge >= 0.3 is 5.97 Å². The van der Waals surface area contributed by atoms with Crippen molar-refractivity contribution in [3.05, 3.63) is 0 Å². The van der Waals surface area contributed by atoms with Crippen LogP contribution < -0.4 is 26.6 Å². The number of aliphatic carboxylic acids is 1. The molecule has 0 aliphatic carbocycles. The van der Waals surface area contributed by atoms with Crippen molar-refractivity contribution in [2.75, 3.05) is 39.3 Å². The van der Waals surface area contributed by atoms with Crippen molar-refractivity contribution in [2.45, 2.75) is 71.1 Å². The van der Waals surface area contributed by atoms with Crippen molar-refractivity contribution in [3.63, 3.8) is 0 Å². The number of carbonyl (C=O) groups is 5. The lowest BCUT2D eigenvalue weighted by Crippen LogP contribution is -2.40. The Labute approximate surface area is 196 Å². The second-order valence-electron chi connectivity index (χ2n) is 7.73. The molecule has 33 heavy (non-hydrogen) atoms. The lowest BCUT2D eigenvalue weighted by molar-refractivity contribution is -0.137. The molecule has 0 unspecified atom stereocenters. The van der Waals surface area contributed by atoms with Gasteiger partial charge in [0.15, 0.2) is 0 Å². The van der Waals surface area contributed by atoms with Gasteiger partial charge in [-0.1, -0.05) is 12.8 Å². The molecule has 0 aliphatic rings. The smallest absolute Gasteiger partial charge is 0.303 e. The Hall–Kier alpha value is -2.69. The van der Waals surface area contributed by atoms with E-state index < -0.39 is 5.97 Å². The highest BCUT2D eigenvalue weighted by Crippen LogP contribution is 1.99. The molecule has 0 heterocycles. The summed E-state index contributed by atoms with van der Waals surface area (Å²) in [5, 5.41) is 22.3. The first-order valence-corrected chi connectivity index (χ1v) is 11.8. The van der Waals surface area contributed by atoms with Gasteiger partial charge in [0.1, 0.15) is 0 Å². The Balaban J connectivity index is 3.48. The first kappa shape index (κ1) is 30.3. The minimum atomic E-state index is -0.813. The van der Waals surface area contributed by atoms with E-state index in [1.54, 1.807) is 0 Å². The van der Waals surface area contributed by atoms with E-state index in [2.05, 4.69) is 26.6 Å². The highest BCUT2D eigenvalue weighted by atomic mass is 16.4. The molecule has 0 saturated carbocycles. The van der Waals surface area contributed by atoms with Gasteiger partial charge in [0.25, 0.3) is 0 Å². The standard InChI is InChI=1S/C22H41N5O6/c1-2-24-18(28)11-9-15-25-19(29)10-5-3-7-13-26-20(30)16-23-17-21(31)27-14-8-4-6-12-22(32)33/h23H,2-17H2,1H3,(H,24,28)(H,25,29)(H,26,30)(H,27,31)(H,32,33). The molecule has 11 nitrogen and oxygen atoms in total. The van der Waals surface area contributed by atoms with E-state index in [0.29, 0.717) is 51.9 Å². The molecule has 0 atom stereocenters. The molecule has 11 heteroatoms. The molecule has 0 fully saturated rings. The molecule has 6 N–H and O–H groups in total. The molecule has 0 rings (SSSR count). The third kappa shape index (κ3) is 22.3. The van der Waals surface area contributed by atoms with Crippen LogP contribution in [0.1, 0.15) is 71.1 Å². The van der Waals surface area contributed by atoms with Gasteiger partial charge in [0.2, 0.25) is 23.6 Å². The maximum atomic E-state index is 11.7. The highest BCUT2D eigenvalue weighted by molar-refractivity contribution is 5.81. The lowest BCUT2D eigenvalue weighted by Gasteiger charge is -2.08. The van der Waals surface area contributed by atoms with Crippen LogP contribution in [0.5, 0.6) is 0 Å². The summed E-state index contributed by atoms with van der Waals surface area (Å²) in [6, 6.07) is 0. The molecular formula is C22H41N5O6. The van der Waals surface area contributed by atoms with E-state index in [1.165, 1.54) is 0 Å². The summed E-state index contributed by atoms with van der Waals surface area (Å²) in [4.78, 5) is 56.8. The number of amides is 4. The van der Waals surface area contributed by atoms with E-state index in [9.17, 15) is 24.0 Å². The molecule has 0 spiro atoms. The maximum absolute atomic E-state index is 11.7. The van der Waals surface area contributed by atoms with Crippen LogP contribution in [0.4, 0.5) is 0 Å². The van der Waals surface area contributed by atoms with Gasteiger partial charge in [-0.15, -0.1) is 0 Å². The minimum Gasteiger partial charge on any atom is -0.481 e. The summed E-state index contributed by atoms with van der Waals surface area (Å²) >= 11 is 0. The molecule has 0 aromatic carbocycles. The Morgan fingerprint density at radius 3 is 1.55 bits per heavy atom. The van der Waals surface area contributed by atoms with Crippen molar-refractivity contribution < 1.29 is 29.1 Å². The van der Waals surface area contributed by atoms with E-state index in [1.807, 2.05) is 6.92 Å². The fourth-order valence-electron chi connectivity index (χ4n) is 2.89. The van der Waals surface area contributed by atoms with Crippen molar-refractivity contribution in [1.82, 2.24) is 26.6 Å². The molecule has 4 amide bonds. The summed E-state index contributed by atoms with van der Waals surface area (Å²) in [7, 11) is 0. The van der Waals surface area contributed by atoms with Gasteiger partial charge in [-0.3, -0.25) is 29.3 Å². The Kier molecular flexibility index (Phi) is 19.4. The Bertz CT molecular complexity index is 600. The van der Waals surface area contributed by atoms with Gasteiger partial charge in [-0.25, -0.2) is 0 Å². The number of carboxylic acid groups (broad SMARTS) is 1. The number of nitrogens with one attached hydrogen (secondary N) is 5. The van der Waals surface area contributed by atoms with Crippen molar-refractivity contribution in [2.24, 2.45) is 0 Å². The summed E-state index contributed by atoms with van der Waals surface area (Å²) < 4.78 is 0. The van der Waals surface area contributed by atoms with Crippen LogP contribution in [0.3, 0.4) is 0 Å². The quantitative estimate of drug-likeness (QED) is 0.129. The Morgan fingerprint density at radius 2 is 1.00 bits per heavy atom. The first-order valence-electron chi connectivity index (χ1n) is 11.8. The average molecular weight is 472 g/mol. The van der Waals surface area contributed by atoms with E-state index in [-0.39, 0.29) is 43.1 Å². The lowest BCUT2D eigenvalue weighted by atomic mass is 10.2. The van der Waals surface area contributed by atoms with Gasteiger partial charge in [0.05, 0.1) is 13.1 Å². The molecule has 0 saturated heterocycles. The predicted octanol–water partition coefficient (Wildman–Crippen LogP) is 0.0463. The number of unbranched alkanes of at least 4 members (excludes halogenated alkanes) is 4. The van der Waals surface area contributed by atoms with Gasteiger partial charge in [0, 0.05) is 45.4 Å². The van der Waals surface area contributed by atoms with Crippen LogP contribution >= 0.6 is 0 Å². The normalized spacial score (nSPS) is 10.3.